The van der Waals surface area contributed by atoms with E-state index in [-0.39, 0.29) is 29.6 Å². The van der Waals surface area contributed by atoms with E-state index in [9.17, 15) is 19.5 Å². The number of carbonyl (C=O) groups is 1. The van der Waals surface area contributed by atoms with Crippen molar-refractivity contribution in [3.05, 3.63) is 62.3 Å². The van der Waals surface area contributed by atoms with Crippen molar-refractivity contribution in [2.45, 2.75) is 19.4 Å². The van der Waals surface area contributed by atoms with Gasteiger partial charge in [0.2, 0.25) is 11.8 Å². The predicted molar refractivity (Wildman–Crippen MR) is 91.4 cm³/mol. The second kappa shape index (κ2) is 6.04. The molecule has 8 nitrogen and oxygen atoms in total. The van der Waals surface area contributed by atoms with Crippen LogP contribution < -0.4 is 11.2 Å². The number of aromatic hydroxyl groups is 1. The highest BCUT2D eigenvalue weighted by atomic mass is 16.3. The maximum Gasteiger partial charge on any atom is 0.333 e. The zero-order chi connectivity index (χ0) is 18.3. The van der Waals surface area contributed by atoms with Crippen LogP contribution in [0.25, 0.3) is 0 Å². The van der Waals surface area contributed by atoms with Crippen LogP contribution in [0.4, 0.5) is 0 Å². The Kier molecular flexibility index (Phi) is 4.03. The Balaban J connectivity index is 2.14. The van der Waals surface area contributed by atoms with Crippen LogP contribution in [0.3, 0.4) is 0 Å². The molecular formula is C17H18N4O4. The molecule has 1 atom stereocenters. The molecule has 130 valence electrons. The van der Waals surface area contributed by atoms with Gasteiger partial charge in [0.15, 0.2) is 0 Å². The minimum Gasteiger partial charge on any atom is -0.494 e. The Morgan fingerprint density at radius 3 is 2.40 bits per heavy atom. The monoisotopic (exact) mass is 342 g/mol. The van der Waals surface area contributed by atoms with Gasteiger partial charge in [0.25, 0.3) is 5.56 Å². The van der Waals surface area contributed by atoms with E-state index in [1.54, 1.807) is 0 Å². The van der Waals surface area contributed by atoms with Crippen molar-refractivity contribution in [2.75, 3.05) is 0 Å². The molecule has 2 aromatic rings. The summed E-state index contributed by atoms with van der Waals surface area (Å²) in [5.74, 6) is -0.728. The smallest absolute Gasteiger partial charge is 0.333 e. The summed E-state index contributed by atoms with van der Waals surface area (Å²) < 4.78 is 1.89. The van der Waals surface area contributed by atoms with Gasteiger partial charge < -0.3 is 5.11 Å². The molecule has 0 saturated heterocycles. The van der Waals surface area contributed by atoms with E-state index in [0.717, 1.165) is 14.7 Å². The molecule has 0 fully saturated rings. The van der Waals surface area contributed by atoms with Gasteiger partial charge in [0.1, 0.15) is 5.56 Å². The SMILES string of the molecule is CC(=O)N1N=C(c2c(O)n(C)c(=O)n(C)c2=O)C[C@@H]1c1ccccc1. The van der Waals surface area contributed by atoms with Gasteiger partial charge in [0.05, 0.1) is 11.8 Å². The first-order valence-electron chi connectivity index (χ1n) is 7.74. The van der Waals surface area contributed by atoms with Crippen molar-refractivity contribution in [1.82, 2.24) is 14.1 Å². The van der Waals surface area contributed by atoms with Gasteiger partial charge >= 0.3 is 5.69 Å². The third-order valence-electron chi connectivity index (χ3n) is 4.34. The van der Waals surface area contributed by atoms with E-state index in [1.807, 2.05) is 30.3 Å². The van der Waals surface area contributed by atoms with Crippen LogP contribution in [0.1, 0.15) is 30.5 Å². The highest BCUT2D eigenvalue weighted by molar-refractivity contribution is 6.04. The third-order valence-corrected chi connectivity index (χ3v) is 4.34. The minimum absolute atomic E-state index is 0.0609. The average molecular weight is 342 g/mol. The minimum atomic E-state index is -0.642. The Hall–Kier alpha value is -3.16. The molecule has 1 aromatic heterocycles. The summed E-state index contributed by atoms with van der Waals surface area (Å²) >= 11 is 0. The molecule has 1 amide bonds. The first-order chi connectivity index (χ1) is 11.8. The van der Waals surface area contributed by atoms with Crippen LogP contribution in [0.2, 0.25) is 0 Å². The van der Waals surface area contributed by atoms with Crippen molar-refractivity contribution in [3.63, 3.8) is 0 Å². The summed E-state index contributed by atoms with van der Waals surface area (Å²) in [6, 6.07) is 8.96. The quantitative estimate of drug-likeness (QED) is 0.859. The summed E-state index contributed by atoms with van der Waals surface area (Å²) in [5, 5.41) is 15.9. The Morgan fingerprint density at radius 1 is 1.16 bits per heavy atom. The maximum atomic E-state index is 12.5. The fourth-order valence-electron chi connectivity index (χ4n) is 2.97. The second-order valence-electron chi connectivity index (χ2n) is 5.95. The van der Waals surface area contributed by atoms with Crippen molar-refractivity contribution < 1.29 is 9.90 Å². The van der Waals surface area contributed by atoms with Gasteiger partial charge in [-0.3, -0.25) is 18.7 Å². The molecular weight excluding hydrogens is 324 g/mol. The molecule has 0 radical (unpaired) electrons. The molecule has 0 bridgehead atoms. The van der Waals surface area contributed by atoms with Crippen molar-refractivity contribution in [2.24, 2.45) is 19.2 Å². The maximum absolute atomic E-state index is 12.5. The summed E-state index contributed by atoms with van der Waals surface area (Å²) in [5.41, 5.74) is -0.186. The molecule has 25 heavy (non-hydrogen) atoms. The van der Waals surface area contributed by atoms with Gasteiger partial charge in [-0.05, 0) is 5.56 Å². The number of hydrazone groups is 1. The molecule has 2 heterocycles. The lowest BCUT2D eigenvalue weighted by Crippen LogP contribution is -2.39. The molecule has 1 aliphatic rings. The van der Waals surface area contributed by atoms with Crippen LogP contribution >= 0.6 is 0 Å². The third kappa shape index (κ3) is 2.65. The molecule has 8 heteroatoms. The highest BCUT2D eigenvalue weighted by Gasteiger charge is 2.34. The normalized spacial score (nSPS) is 16.8. The zero-order valence-electron chi connectivity index (χ0n) is 14.1. The molecule has 0 spiro atoms. The molecule has 0 saturated carbocycles. The number of rotatable bonds is 2. The number of amides is 1. The lowest BCUT2D eigenvalue weighted by Gasteiger charge is -2.20. The lowest BCUT2D eigenvalue weighted by atomic mass is 9.99. The number of nitrogens with zero attached hydrogens (tertiary/aromatic N) is 4. The predicted octanol–water partition coefficient (Wildman–Crippen LogP) is 0.487. The van der Waals surface area contributed by atoms with Crippen molar-refractivity contribution >= 4 is 11.6 Å². The first kappa shape index (κ1) is 16.7. The van der Waals surface area contributed by atoms with E-state index < -0.39 is 17.1 Å². The molecule has 1 N–H and O–H groups in total. The van der Waals surface area contributed by atoms with E-state index in [2.05, 4.69) is 5.10 Å². The number of hydrogen-bond acceptors (Lipinski definition) is 5. The van der Waals surface area contributed by atoms with Crippen LogP contribution in [0.5, 0.6) is 5.88 Å². The van der Waals surface area contributed by atoms with Crippen LogP contribution in [0, 0.1) is 0 Å². The van der Waals surface area contributed by atoms with Crippen molar-refractivity contribution in [1.29, 1.82) is 0 Å². The van der Waals surface area contributed by atoms with Crippen LogP contribution in [-0.2, 0) is 18.9 Å². The summed E-state index contributed by atoms with van der Waals surface area (Å²) in [4.78, 5) is 36.4. The van der Waals surface area contributed by atoms with Crippen LogP contribution in [-0.4, -0.2) is 30.9 Å². The largest absolute Gasteiger partial charge is 0.494 e. The Labute approximate surface area is 143 Å². The highest BCUT2D eigenvalue weighted by Crippen LogP contribution is 2.33. The number of benzene rings is 1. The lowest BCUT2D eigenvalue weighted by molar-refractivity contribution is -0.130. The summed E-state index contributed by atoms with van der Waals surface area (Å²) in [6.45, 7) is 1.39. The van der Waals surface area contributed by atoms with Gasteiger partial charge in [-0.2, -0.15) is 5.10 Å². The van der Waals surface area contributed by atoms with Gasteiger partial charge in [-0.25, -0.2) is 9.80 Å². The fraction of sp³-hybridized carbons (Fsp3) is 0.294. The molecule has 1 aromatic carbocycles. The van der Waals surface area contributed by atoms with E-state index >= 15 is 0 Å². The summed E-state index contributed by atoms with van der Waals surface area (Å²) in [7, 11) is 2.70. The second-order valence-corrected chi connectivity index (χ2v) is 5.95. The number of carbonyl (C=O) groups excluding carboxylic acids is 1. The zero-order valence-corrected chi connectivity index (χ0v) is 14.1. The Bertz CT molecular complexity index is 988. The molecule has 3 rings (SSSR count). The average Bonchev–Trinajstić information content (AvgIpc) is 3.04. The topological polar surface area (TPSA) is 96.9 Å². The van der Waals surface area contributed by atoms with E-state index in [1.165, 1.54) is 26.0 Å². The van der Waals surface area contributed by atoms with E-state index in [0.29, 0.717) is 0 Å². The Morgan fingerprint density at radius 2 is 1.80 bits per heavy atom. The summed E-state index contributed by atoms with van der Waals surface area (Å²) in [6.07, 6.45) is 0.268. The first-order valence-corrected chi connectivity index (χ1v) is 7.74. The number of hydrogen-bond donors (Lipinski definition) is 1. The van der Waals surface area contributed by atoms with Gasteiger partial charge in [-0.1, -0.05) is 30.3 Å². The van der Waals surface area contributed by atoms with Crippen molar-refractivity contribution in [3.8, 4) is 5.88 Å². The fourth-order valence-corrected chi connectivity index (χ4v) is 2.97. The number of aromatic nitrogens is 2. The van der Waals surface area contributed by atoms with Gasteiger partial charge in [-0.15, -0.1) is 0 Å². The van der Waals surface area contributed by atoms with E-state index in [4.69, 9.17) is 0 Å². The molecule has 0 unspecified atom stereocenters. The van der Waals surface area contributed by atoms with Crippen LogP contribution in [0.15, 0.2) is 45.0 Å². The van der Waals surface area contributed by atoms with Gasteiger partial charge in [0, 0.05) is 27.4 Å². The molecule has 0 aliphatic carbocycles. The molecule has 1 aliphatic heterocycles. The standard InChI is InChI=1S/C17H18N4O4/c1-10(22)21-13(11-7-5-4-6-8-11)9-12(18-21)14-15(23)19(2)17(25)20(3)16(14)24/h4-8,13,23H,9H2,1-3H3/t13-/m1/s1.